The maximum absolute atomic E-state index is 11.6. The summed E-state index contributed by atoms with van der Waals surface area (Å²) in [6.07, 6.45) is 0. The highest BCUT2D eigenvalue weighted by atomic mass is 16.2. The largest absolute Gasteiger partial charge is 0.399 e. The summed E-state index contributed by atoms with van der Waals surface area (Å²) >= 11 is 0. The minimum Gasteiger partial charge on any atom is -0.399 e. The van der Waals surface area contributed by atoms with Gasteiger partial charge in [0.25, 0.3) is 5.91 Å². The van der Waals surface area contributed by atoms with E-state index in [1.807, 2.05) is 13.0 Å². The molecule has 4 heteroatoms. The maximum atomic E-state index is 11.6. The molecule has 1 rings (SSSR count). The fourth-order valence-electron chi connectivity index (χ4n) is 1.15. The lowest BCUT2D eigenvalue weighted by molar-refractivity contribution is 0.0856. The normalized spacial score (nSPS) is 10.3. The number of nitrogens with two attached hydrogens (primary N) is 1. The Morgan fingerprint density at radius 2 is 2.07 bits per heavy atom. The van der Waals surface area contributed by atoms with Gasteiger partial charge in [0.2, 0.25) is 0 Å². The average molecular weight is 193 g/mol. The molecule has 4 nitrogen and oxygen atoms in total. The van der Waals surface area contributed by atoms with E-state index in [0.717, 1.165) is 5.56 Å². The number of carbonyl (C=O) groups is 1. The van der Waals surface area contributed by atoms with Gasteiger partial charge in [-0.05, 0) is 24.6 Å². The Bertz CT molecular complexity index is 347. The molecule has 3 N–H and O–H groups in total. The number of aryl methyl sites for hydroxylation is 1. The molecule has 0 aliphatic carbocycles. The first-order valence-corrected chi connectivity index (χ1v) is 4.35. The average Bonchev–Trinajstić information content (AvgIpc) is 2.08. The van der Waals surface area contributed by atoms with Crippen LogP contribution in [0, 0.1) is 6.92 Å². The summed E-state index contributed by atoms with van der Waals surface area (Å²) in [5, 5.41) is 1.60. The van der Waals surface area contributed by atoms with E-state index in [1.165, 1.54) is 0 Å². The van der Waals surface area contributed by atoms with Crippen LogP contribution in [0.25, 0.3) is 0 Å². The van der Waals surface area contributed by atoms with E-state index in [0.29, 0.717) is 11.3 Å². The van der Waals surface area contributed by atoms with Gasteiger partial charge in [-0.1, -0.05) is 6.07 Å². The number of anilines is 1. The number of hydrogen-bond donors (Lipinski definition) is 2. The molecule has 0 bridgehead atoms. The standard InChI is InChI=1S/C10H15N3O/c1-7-4-5-8(11)6-9(7)10(14)12-13(2)3/h4-6H,11H2,1-3H3,(H,12,14). The smallest absolute Gasteiger partial charge is 0.265 e. The van der Waals surface area contributed by atoms with Crippen molar-refractivity contribution >= 4 is 11.6 Å². The van der Waals surface area contributed by atoms with Crippen molar-refractivity contribution in [1.29, 1.82) is 0 Å². The summed E-state index contributed by atoms with van der Waals surface area (Å²) in [6.45, 7) is 1.88. The third-order valence-corrected chi connectivity index (χ3v) is 1.83. The van der Waals surface area contributed by atoms with Gasteiger partial charge >= 0.3 is 0 Å². The van der Waals surface area contributed by atoms with Crippen LogP contribution < -0.4 is 11.2 Å². The summed E-state index contributed by atoms with van der Waals surface area (Å²) in [5.41, 5.74) is 10.4. The minimum atomic E-state index is -0.139. The van der Waals surface area contributed by atoms with Gasteiger partial charge in [0.15, 0.2) is 0 Å². The van der Waals surface area contributed by atoms with Gasteiger partial charge < -0.3 is 5.73 Å². The monoisotopic (exact) mass is 193 g/mol. The molecule has 0 radical (unpaired) electrons. The second-order valence-electron chi connectivity index (χ2n) is 3.41. The van der Waals surface area contributed by atoms with Gasteiger partial charge in [-0.15, -0.1) is 0 Å². The van der Waals surface area contributed by atoms with Crippen LogP contribution in [0.5, 0.6) is 0 Å². The van der Waals surface area contributed by atoms with Crippen LogP contribution in [0.1, 0.15) is 15.9 Å². The zero-order chi connectivity index (χ0) is 10.7. The highest BCUT2D eigenvalue weighted by molar-refractivity contribution is 5.96. The molecule has 0 aliphatic rings. The number of nitrogens with one attached hydrogen (secondary N) is 1. The van der Waals surface area contributed by atoms with Crippen LogP contribution >= 0.6 is 0 Å². The highest BCUT2D eigenvalue weighted by Crippen LogP contribution is 2.12. The molecular weight excluding hydrogens is 178 g/mol. The zero-order valence-electron chi connectivity index (χ0n) is 8.66. The fraction of sp³-hybridized carbons (Fsp3) is 0.300. The number of carbonyl (C=O) groups excluding carboxylic acids is 1. The van der Waals surface area contributed by atoms with Crippen molar-refractivity contribution in [1.82, 2.24) is 10.4 Å². The molecule has 0 saturated heterocycles. The van der Waals surface area contributed by atoms with Crippen molar-refractivity contribution in [2.45, 2.75) is 6.92 Å². The highest BCUT2D eigenvalue weighted by Gasteiger charge is 2.09. The number of benzene rings is 1. The Labute approximate surface area is 83.7 Å². The fourth-order valence-corrected chi connectivity index (χ4v) is 1.15. The first-order valence-electron chi connectivity index (χ1n) is 4.35. The van der Waals surface area contributed by atoms with Crippen LogP contribution in [-0.2, 0) is 0 Å². The van der Waals surface area contributed by atoms with Crippen molar-refractivity contribution in [2.75, 3.05) is 19.8 Å². The number of hydrazine groups is 1. The molecule has 14 heavy (non-hydrogen) atoms. The maximum Gasteiger partial charge on any atom is 0.265 e. The summed E-state index contributed by atoms with van der Waals surface area (Å²) in [4.78, 5) is 11.6. The zero-order valence-corrected chi connectivity index (χ0v) is 8.66. The van der Waals surface area contributed by atoms with Crippen molar-refractivity contribution in [2.24, 2.45) is 0 Å². The number of rotatable bonds is 2. The van der Waals surface area contributed by atoms with E-state index in [4.69, 9.17) is 5.73 Å². The summed E-state index contributed by atoms with van der Waals surface area (Å²) in [5.74, 6) is -0.139. The number of nitrogens with zero attached hydrogens (tertiary/aromatic N) is 1. The van der Waals surface area contributed by atoms with Crippen LogP contribution in [0.15, 0.2) is 18.2 Å². The van der Waals surface area contributed by atoms with E-state index in [1.54, 1.807) is 31.2 Å². The second kappa shape index (κ2) is 4.11. The van der Waals surface area contributed by atoms with Crippen molar-refractivity contribution in [3.8, 4) is 0 Å². The van der Waals surface area contributed by atoms with E-state index >= 15 is 0 Å². The molecule has 0 heterocycles. The van der Waals surface area contributed by atoms with Crippen LogP contribution in [0.2, 0.25) is 0 Å². The van der Waals surface area contributed by atoms with Crippen molar-refractivity contribution in [3.05, 3.63) is 29.3 Å². The molecule has 76 valence electrons. The molecule has 0 unspecified atom stereocenters. The van der Waals surface area contributed by atoms with Crippen LogP contribution in [0.4, 0.5) is 5.69 Å². The van der Waals surface area contributed by atoms with Crippen molar-refractivity contribution in [3.63, 3.8) is 0 Å². The predicted octanol–water partition coefficient (Wildman–Crippen LogP) is 0.784. The van der Waals surface area contributed by atoms with Gasteiger partial charge in [0.1, 0.15) is 0 Å². The number of amides is 1. The first-order chi connectivity index (χ1) is 6.50. The van der Waals surface area contributed by atoms with Crippen molar-refractivity contribution < 1.29 is 4.79 Å². The second-order valence-corrected chi connectivity index (χ2v) is 3.41. The molecule has 1 aromatic rings. The van der Waals surface area contributed by atoms with E-state index in [9.17, 15) is 4.79 Å². The first kappa shape index (κ1) is 10.5. The molecule has 1 aromatic carbocycles. The molecule has 0 spiro atoms. The quantitative estimate of drug-likeness (QED) is 0.539. The van der Waals surface area contributed by atoms with Gasteiger partial charge in [0.05, 0.1) is 0 Å². The summed E-state index contributed by atoms with van der Waals surface area (Å²) in [6, 6.07) is 5.29. The predicted molar refractivity (Wildman–Crippen MR) is 56.7 cm³/mol. The Hall–Kier alpha value is -1.55. The summed E-state index contributed by atoms with van der Waals surface area (Å²) in [7, 11) is 3.53. The Balaban J connectivity index is 2.94. The third kappa shape index (κ3) is 2.47. The van der Waals surface area contributed by atoms with E-state index < -0.39 is 0 Å². The molecule has 0 saturated carbocycles. The van der Waals surface area contributed by atoms with Crippen LogP contribution in [-0.4, -0.2) is 25.0 Å². The third-order valence-electron chi connectivity index (χ3n) is 1.83. The summed E-state index contributed by atoms with van der Waals surface area (Å²) < 4.78 is 0. The molecule has 0 aromatic heterocycles. The van der Waals surface area contributed by atoms with E-state index in [-0.39, 0.29) is 5.91 Å². The molecular formula is C10H15N3O. The van der Waals surface area contributed by atoms with Gasteiger partial charge in [-0.2, -0.15) is 0 Å². The molecule has 0 fully saturated rings. The van der Waals surface area contributed by atoms with E-state index in [2.05, 4.69) is 5.43 Å². The Morgan fingerprint density at radius 3 is 2.64 bits per heavy atom. The number of hydrogen-bond acceptors (Lipinski definition) is 3. The molecule has 0 atom stereocenters. The number of nitrogen functional groups attached to an aromatic ring is 1. The SMILES string of the molecule is Cc1ccc(N)cc1C(=O)NN(C)C. The lowest BCUT2D eigenvalue weighted by atomic mass is 10.1. The Kier molecular flexibility index (Phi) is 3.09. The Morgan fingerprint density at radius 1 is 1.43 bits per heavy atom. The van der Waals surface area contributed by atoms with Gasteiger partial charge in [0, 0.05) is 25.3 Å². The topological polar surface area (TPSA) is 58.4 Å². The van der Waals surface area contributed by atoms with Crippen LogP contribution in [0.3, 0.4) is 0 Å². The minimum absolute atomic E-state index is 0.139. The molecule has 0 aliphatic heterocycles. The van der Waals surface area contributed by atoms with Gasteiger partial charge in [-0.3, -0.25) is 10.2 Å². The lowest BCUT2D eigenvalue weighted by Gasteiger charge is -2.13. The molecule has 1 amide bonds. The van der Waals surface area contributed by atoms with Gasteiger partial charge in [-0.25, -0.2) is 5.01 Å². The lowest BCUT2D eigenvalue weighted by Crippen LogP contribution is -2.36.